The molecule has 0 bridgehead atoms. The predicted molar refractivity (Wildman–Crippen MR) is 74.0 cm³/mol. The molecule has 6 heteroatoms. The van der Waals surface area contributed by atoms with Crippen LogP contribution in [0.1, 0.15) is 32.5 Å². The van der Waals surface area contributed by atoms with Gasteiger partial charge in [-0.25, -0.2) is 4.98 Å². The molecular formula is C12H20N4OS. The predicted octanol–water partition coefficient (Wildman–Crippen LogP) is 1.14. The van der Waals surface area contributed by atoms with Crippen LogP contribution in [0.25, 0.3) is 0 Å². The van der Waals surface area contributed by atoms with Crippen LogP contribution in [0, 0.1) is 0 Å². The minimum absolute atomic E-state index is 0.0622. The number of thiazole rings is 1. The Morgan fingerprint density at radius 3 is 3.00 bits per heavy atom. The van der Waals surface area contributed by atoms with Gasteiger partial charge in [-0.2, -0.15) is 0 Å². The number of nitrogens with one attached hydrogen (secondary N) is 2. The van der Waals surface area contributed by atoms with Gasteiger partial charge in [-0.3, -0.25) is 4.79 Å². The third-order valence-electron chi connectivity index (χ3n) is 3.47. The van der Waals surface area contributed by atoms with Crippen molar-refractivity contribution in [1.82, 2.24) is 15.6 Å². The molecule has 1 aliphatic heterocycles. The lowest BCUT2D eigenvalue weighted by Gasteiger charge is -2.41. The third-order valence-corrected chi connectivity index (χ3v) is 4.35. The van der Waals surface area contributed by atoms with Crippen LogP contribution in [0.2, 0.25) is 0 Å². The van der Waals surface area contributed by atoms with E-state index in [0.29, 0.717) is 6.54 Å². The van der Waals surface area contributed by atoms with Crippen molar-refractivity contribution in [3.8, 4) is 0 Å². The van der Waals surface area contributed by atoms with Gasteiger partial charge in [-0.05, 0) is 27.8 Å². The topological polar surface area (TPSA) is 57.3 Å². The summed E-state index contributed by atoms with van der Waals surface area (Å²) in [6.45, 7) is 7.43. The molecule has 1 aliphatic rings. The summed E-state index contributed by atoms with van der Waals surface area (Å²) in [6.07, 6.45) is 0. The van der Waals surface area contributed by atoms with Gasteiger partial charge in [0.2, 0.25) is 5.91 Å². The van der Waals surface area contributed by atoms with Gasteiger partial charge in [0.1, 0.15) is 5.54 Å². The van der Waals surface area contributed by atoms with Gasteiger partial charge in [0.05, 0.1) is 5.69 Å². The van der Waals surface area contributed by atoms with Crippen LogP contribution in [0.15, 0.2) is 5.38 Å². The lowest BCUT2D eigenvalue weighted by Crippen LogP contribution is -2.62. The molecule has 0 spiro atoms. The molecule has 1 saturated heterocycles. The maximum Gasteiger partial charge on any atom is 0.245 e. The Balaban J connectivity index is 2.25. The average molecular weight is 268 g/mol. The Kier molecular flexibility index (Phi) is 3.59. The molecule has 1 aromatic heterocycles. The smallest absolute Gasteiger partial charge is 0.245 e. The first-order chi connectivity index (χ1) is 8.46. The molecule has 1 fully saturated rings. The van der Waals surface area contributed by atoms with E-state index in [-0.39, 0.29) is 11.9 Å². The first-order valence-corrected chi connectivity index (χ1v) is 7.03. The zero-order chi connectivity index (χ0) is 13.3. The monoisotopic (exact) mass is 268 g/mol. The van der Waals surface area contributed by atoms with Crippen LogP contribution in [0.5, 0.6) is 0 Å². The molecule has 2 N–H and O–H groups in total. The maximum atomic E-state index is 11.9. The minimum atomic E-state index is -0.531. The van der Waals surface area contributed by atoms with Crippen LogP contribution in [0.3, 0.4) is 0 Å². The van der Waals surface area contributed by atoms with Gasteiger partial charge in [0, 0.05) is 24.5 Å². The number of rotatable bonds is 3. The van der Waals surface area contributed by atoms with E-state index in [2.05, 4.69) is 32.8 Å². The summed E-state index contributed by atoms with van der Waals surface area (Å²) in [4.78, 5) is 18.6. The fourth-order valence-electron chi connectivity index (χ4n) is 1.98. The van der Waals surface area contributed by atoms with E-state index < -0.39 is 5.54 Å². The number of hydrogen-bond acceptors (Lipinski definition) is 5. The minimum Gasteiger partial charge on any atom is -0.352 e. The summed E-state index contributed by atoms with van der Waals surface area (Å²) in [5.41, 5.74) is 0.496. The lowest BCUT2D eigenvalue weighted by atomic mass is 10.00. The highest BCUT2D eigenvalue weighted by Gasteiger charge is 2.39. The van der Waals surface area contributed by atoms with E-state index in [9.17, 15) is 4.79 Å². The summed E-state index contributed by atoms with van der Waals surface area (Å²) in [7, 11) is 1.92. The molecule has 1 aromatic rings. The van der Waals surface area contributed by atoms with Crippen molar-refractivity contribution in [3.63, 3.8) is 0 Å². The Hall–Kier alpha value is -1.14. The molecule has 100 valence electrons. The number of anilines is 1. The summed E-state index contributed by atoms with van der Waals surface area (Å²) >= 11 is 1.60. The third kappa shape index (κ3) is 2.22. The zero-order valence-corrected chi connectivity index (χ0v) is 12.1. The molecule has 1 amide bonds. The van der Waals surface area contributed by atoms with Crippen molar-refractivity contribution >= 4 is 22.4 Å². The molecule has 0 aliphatic carbocycles. The van der Waals surface area contributed by atoms with Gasteiger partial charge in [0.25, 0.3) is 0 Å². The molecule has 0 saturated carbocycles. The van der Waals surface area contributed by atoms with Gasteiger partial charge >= 0.3 is 0 Å². The van der Waals surface area contributed by atoms with Crippen LogP contribution in [-0.2, 0) is 4.79 Å². The summed E-state index contributed by atoms with van der Waals surface area (Å²) < 4.78 is 0. The summed E-state index contributed by atoms with van der Waals surface area (Å²) in [5, 5.41) is 9.05. The quantitative estimate of drug-likeness (QED) is 0.863. The summed E-state index contributed by atoms with van der Waals surface area (Å²) in [6, 6.07) is 0.233. The number of carbonyl (C=O) groups excluding carboxylic acids is 1. The Bertz CT molecular complexity index is 443. The van der Waals surface area contributed by atoms with Crippen LogP contribution >= 0.6 is 11.3 Å². The molecule has 18 heavy (non-hydrogen) atoms. The Morgan fingerprint density at radius 2 is 2.33 bits per heavy atom. The zero-order valence-electron chi connectivity index (χ0n) is 11.3. The first-order valence-electron chi connectivity index (χ1n) is 6.15. The van der Waals surface area contributed by atoms with Crippen molar-refractivity contribution in [2.75, 3.05) is 25.0 Å². The SMILES string of the molecule is CNC(C)c1csc(N2CCNC(=O)C2(C)C)n1. The van der Waals surface area contributed by atoms with E-state index in [1.165, 1.54) is 0 Å². The van der Waals surface area contributed by atoms with Gasteiger partial charge in [-0.15, -0.1) is 11.3 Å². The van der Waals surface area contributed by atoms with E-state index in [1.54, 1.807) is 11.3 Å². The van der Waals surface area contributed by atoms with Crippen molar-refractivity contribution < 1.29 is 4.79 Å². The lowest BCUT2D eigenvalue weighted by molar-refractivity contribution is -0.126. The van der Waals surface area contributed by atoms with Crippen LogP contribution in [-0.4, -0.2) is 36.6 Å². The first kappa shape index (κ1) is 13.3. The van der Waals surface area contributed by atoms with Crippen LogP contribution < -0.4 is 15.5 Å². The highest BCUT2D eigenvalue weighted by Crippen LogP contribution is 2.30. The number of piperazine rings is 1. The Labute approximate surface area is 112 Å². The maximum absolute atomic E-state index is 11.9. The van der Waals surface area contributed by atoms with Crippen molar-refractivity contribution in [1.29, 1.82) is 0 Å². The molecule has 0 aromatic carbocycles. The van der Waals surface area contributed by atoms with Crippen molar-refractivity contribution in [2.45, 2.75) is 32.4 Å². The van der Waals surface area contributed by atoms with E-state index in [0.717, 1.165) is 17.4 Å². The average Bonchev–Trinajstić information content (AvgIpc) is 2.80. The highest BCUT2D eigenvalue weighted by atomic mass is 32.1. The van der Waals surface area contributed by atoms with Crippen LogP contribution in [0.4, 0.5) is 5.13 Å². The standard InChI is InChI=1S/C12H20N4OS/c1-8(13-4)9-7-18-11(15-9)16-6-5-14-10(17)12(16,2)3/h7-8,13H,5-6H2,1-4H3,(H,14,17). The van der Waals surface area contributed by atoms with Gasteiger partial charge in [0.15, 0.2) is 5.13 Å². The fraction of sp³-hybridized carbons (Fsp3) is 0.667. The number of carbonyl (C=O) groups is 1. The summed E-state index contributed by atoms with van der Waals surface area (Å²) in [5.74, 6) is 0.0622. The van der Waals surface area contributed by atoms with Crippen molar-refractivity contribution in [3.05, 3.63) is 11.1 Å². The second kappa shape index (κ2) is 4.85. The number of hydrogen-bond donors (Lipinski definition) is 2. The Morgan fingerprint density at radius 1 is 1.61 bits per heavy atom. The molecular weight excluding hydrogens is 248 g/mol. The van der Waals surface area contributed by atoms with Crippen molar-refractivity contribution in [2.24, 2.45) is 0 Å². The van der Waals surface area contributed by atoms with E-state index >= 15 is 0 Å². The van der Waals surface area contributed by atoms with E-state index in [4.69, 9.17) is 0 Å². The highest BCUT2D eigenvalue weighted by molar-refractivity contribution is 7.13. The molecule has 2 rings (SSSR count). The molecule has 1 unspecified atom stereocenters. The molecule has 0 radical (unpaired) electrons. The molecule has 5 nitrogen and oxygen atoms in total. The van der Waals surface area contributed by atoms with Gasteiger partial charge < -0.3 is 15.5 Å². The second-order valence-corrected chi connectivity index (χ2v) is 5.87. The van der Waals surface area contributed by atoms with Gasteiger partial charge in [-0.1, -0.05) is 0 Å². The fourth-order valence-corrected chi connectivity index (χ4v) is 3.07. The molecule has 2 heterocycles. The normalized spacial score (nSPS) is 20.7. The number of aromatic nitrogens is 1. The number of amides is 1. The molecule has 1 atom stereocenters. The largest absolute Gasteiger partial charge is 0.352 e. The van der Waals surface area contributed by atoms with E-state index in [1.807, 2.05) is 20.9 Å². The number of nitrogens with zero attached hydrogens (tertiary/aromatic N) is 2. The second-order valence-electron chi connectivity index (χ2n) is 5.03.